The number of hydrogen-bond acceptors (Lipinski definition) is 3. The van der Waals surface area contributed by atoms with Crippen LogP contribution in [0.1, 0.15) is 17.5 Å². The zero-order valence-electron chi connectivity index (χ0n) is 14.1. The van der Waals surface area contributed by atoms with Crippen molar-refractivity contribution in [2.75, 3.05) is 6.61 Å². The lowest BCUT2D eigenvalue weighted by molar-refractivity contribution is -0.118. The molecule has 0 N–H and O–H groups in total. The molecule has 1 amide bonds. The van der Waals surface area contributed by atoms with Gasteiger partial charge in [0.1, 0.15) is 5.75 Å². The molecule has 0 saturated carbocycles. The van der Waals surface area contributed by atoms with Gasteiger partial charge in [0, 0.05) is 7.05 Å². The molecule has 0 aliphatic rings. The molecular formula is C19H20N2O2S. The Morgan fingerprint density at radius 3 is 2.67 bits per heavy atom. The predicted octanol–water partition coefficient (Wildman–Crippen LogP) is 3.75. The minimum Gasteiger partial charge on any atom is -0.493 e. The summed E-state index contributed by atoms with van der Waals surface area (Å²) in [5, 5.41) is 0. The zero-order chi connectivity index (χ0) is 17.1. The third-order valence-electron chi connectivity index (χ3n) is 4.04. The number of carbonyl (C=O) groups is 1. The molecule has 24 heavy (non-hydrogen) atoms. The fraction of sp³-hybridized carbons (Fsp3) is 0.263. The van der Waals surface area contributed by atoms with Gasteiger partial charge in [-0.25, -0.2) is 0 Å². The summed E-state index contributed by atoms with van der Waals surface area (Å²) in [5.74, 6) is 0.603. The summed E-state index contributed by atoms with van der Waals surface area (Å²) in [6.07, 6.45) is 0.265. The van der Waals surface area contributed by atoms with Crippen molar-refractivity contribution in [3.05, 3.63) is 58.4 Å². The number of nitrogens with zero attached hydrogens (tertiary/aromatic N) is 2. The van der Waals surface area contributed by atoms with E-state index in [1.165, 1.54) is 22.5 Å². The Morgan fingerprint density at radius 1 is 1.17 bits per heavy atom. The van der Waals surface area contributed by atoms with Gasteiger partial charge in [-0.2, -0.15) is 4.99 Å². The quantitative estimate of drug-likeness (QED) is 0.726. The normalized spacial score (nSPS) is 11.9. The van der Waals surface area contributed by atoms with Crippen molar-refractivity contribution in [1.29, 1.82) is 0 Å². The SMILES string of the molecule is Cc1ccc2sc(=NC(=O)CCOc3ccccc3)n(C)c2c1C. The van der Waals surface area contributed by atoms with E-state index in [0.29, 0.717) is 6.61 Å². The molecule has 0 saturated heterocycles. The van der Waals surface area contributed by atoms with Crippen LogP contribution < -0.4 is 9.54 Å². The maximum atomic E-state index is 12.1. The summed E-state index contributed by atoms with van der Waals surface area (Å²) in [5.41, 5.74) is 3.62. The minimum absolute atomic E-state index is 0.164. The second kappa shape index (κ2) is 7.01. The van der Waals surface area contributed by atoms with Crippen LogP contribution in [0.4, 0.5) is 0 Å². The van der Waals surface area contributed by atoms with E-state index >= 15 is 0 Å². The smallest absolute Gasteiger partial charge is 0.251 e. The zero-order valence-corrected chi connectivity index (χ0v) is 14.9. The maximum absolute atomic E-state index is 12.1. The summed E-state index contributed by atoms with van der Waals surface area (Å²) in [6, 6.07) is 13.7. The molecule has 0 aliphatic carbocycles. The van der Waals surface area contributed by atoms with Crippen LogP contribution in [0, 0.1) is 13.8 Å². The Balaban J connectivity index is 1.76. The van der Waals surface area contributed by atoms with Gasteiger partial charge in [0.2, 0.25) is 0 Å². The number of aryl methyl sites for hydroxylation is 3. The van der Waals surface area contributed by atoms with Crippen molar-refractivity contribution in [2.24, 2.45) is 12.0 Å². The van der Waals surface area contributed by atoms with Crippen LogP contribution in [0.2, 0.25) is 0 Å². The Labute approximate surface area is 145 Å². The Bertz CT molecular complexity index is 939. The van der Waals surface area contributed by atoms with Crippen LogP contribution in [0.25, 0.3) is 10.2 Å². The number of fused-ring (bicyclic) bond motifs is 1. The van der Waals surface area contributed by atoms with E-state index in [1.54, 1.807) is 0 Å². The largest absolute Gasteiger partial charge is 0.493 e. The van der Waals surface area contributed by atoms with Crippen LogP contribution in [0.15, 0.2) is 47.5 Å². The van der Waals surface area contributed by atoms with E-state index in [4.69, 9.17) is 4.74 Å². The highest BCUT2D eigenvalue weighted by molar-refractivity contribution is 7.16. The van der Waals surface area contributed by atoms with Crippen molar-refractivity contribution < 1.29 is 9.53 Å². The number of carbonyl (C=O) groups excluding carboxylic acids is 1. The molecule has 5 heteroatoms. The highest BCUT2D eigenvalue weighted by atomic mass is 32.1. The highest BCUT2D eigenvalue weighted by Gasteiger charge is 2.09. The second-order valence-corrected chi connectivity index (χ2v) is 6.72. The topological polar surface area (TPSA) is 43.6 Å². The van der Waals surface area contributed by atoms with Crippen molar-refractivity contribution in [3.8, 4) is 5.75 Å². The van der Waals surface area contributed by atoms with Crippen LogP contribution in [0.3, 0.4) is 0 Å². The second-order valence-electron chi connectivity index (χ2n) is 5.71. The van der Waals surface area contributed by atoms with Gasteiger partial charge in [0.15, 0.2) is 4.80 Å². The van der Waals surface area contributed by atoms with E-state index in [-0.39, 0.29) is 12.3 Å². The lowest BCUT2D eigenvalue weighted by atomic mass is 10.1. The van der Waals surface area contributed by atoms with E-state index in [9.17, 15) is 4.79 Å². The van der Waals surface area contributed by atoms with E-state index in [1.807, 2.05) is 41.9 Å². The van der Waals surface area contributed by atoms with Crippen LogP contribution in [0.5, 0.6) is 5.75 Å². The molecule has 1 aromatic heterocycles. The average molecular weight is 340 g/mol. The predicted molar refractivity (Wildman–Crippen MR) is 97.4 cm³/mol. The number of benzene rings is 2. The third-order valence-corrected chi connectivity index (χ3v) is 5.13. The number of rotatable bonds is 4. The molecule has 0 unspecified atom stereocenters. The van der Waals surface area contributed by atoms with Crippen molar-refractivity contribution >= 4 is 27.5 Å². The number of thiazole rings is 1. The molecule has 2 aromatic carbocycles. The summed E-state index contributed by atoms with van der Waals surface area (Å²) in [4.78, 5) is 17.1. The molecule has 0 fully saturated rings. The minimum atomic E-state index is -0.164. The maximum Gasteiger partial charge on any atom is 0.251 e. The van der Waals surface area contributed by atoms with Gasteiger partial charge in [-0.15, -0.1) is 0 Å². The van der Waals surface area contributed by atoms with Gasteiger partial charge in [0.25, 0.3) is 5.91 Å². The fourth-order valence-electron chi connectivity index (χ4n) is 2.57. The summed E-state index contributed by atoms with van der Waals surface area (Å²) < 4.78 is 8.70. The van der Waals surface area contributed by atoms with Gasteiger partial charge >= 0.3 is 0 Å². The molecular weight excluding hydrogens is 320 g/mol. The average Bonchev–Trinajstić information content (AvgIpc) is 2.89. The number of hydrogen-bond donors (Lipinski definition) is 0. The lowest BCUT2D eigenvalue weighted by Crippen LogP contribution is -2.15. The molecule has 0 atom stereocenters. The van der Waals surface area contributed by atoms with Crippen LogP contribution >= 0.6 is 11.3 Å². The van der Waals surface area contributed by atoms with E-state index in [2.05, 4.69) is 31.0 Å². The first-order chi connectivity index (χ1) is 11.6. The molecule has 3 aromatic rings. The Hall–Kier alpha value is -2.40. The van der Waals surface area contributed by atoms with Crippen molar-refractivity contribution in [2.45, 2.75) is 20.3 Å². The highest BCUT2D eigenvalue weighted by Crippen LogP contribution is 2.22. The van der Waals surface area contributed by atoms with Gasteiger partial charge in [0.05, 0.1) is 23.2 Å². The van der Waals surface area contributed by atoms with E-state index in [0.717, 1.165) is 20.8 Å². The first-order valence-electron chi connectivity index (χ1n) is 7.87. The molecule has 0 radical (unpaired) electrons. The van der Waals surface area contributed by atoms with Crippen molar-refractivity contribution in [3.63, 3.8) is 0 Å². The van der Waals surface area contributed by atoms with Crippen LogP contribution in [-0.2, 0) is 11.8 Å². The Morgan fingerprint density at radius 2 is 1.92 bits per heavy atom. The summed E-state index contributed by atoms with van der Waals surface area (Å²) in [6.45, 7) is 4.53. The van der Waals surface area contributed by atoms with Gasteiger partial charge < -0.3 is 9.30 Å². The molecule has 0 aliphatic heterocycles. The molecule has 0 spiro atoms. The van der Waals surface area contributed by atoms with Crippen LogP contribution in [-0.4, -0.2) is 17.1 Å². The molecule has 1 heterocycles. The monoisotopic (exact) mass is 340 g/mol. The van der Waals surface area contributed by atoms with Crippen molar-refractivity contribution in [1.82, 2.24) is 4.57 Å². The number of aromatic nitrogens is 1. The summed E-state index contributed by atoms with van der Waals surface area (Å²) in [7, 11) is 1.96. The van der Waals surface area contributed by atoms with Gasteiger partial charge in [-0.05, 0) is 43.2 Å². The van der Waals surface area contributed by atoms with E-state index < -0.39 is 0 Å². The fourth-order valence-corrected chi connectivity index (χ4v) is 3.67. The third kappa shape index (κ3) is 3.41. The number of ether oxygens (including phenoxy) is 1. The van der Waals surface area contributed by atoms with Gasteiger partial charge in [-0.3, -0.25) is 4.79 Å². The Kier molecular flexibility index (Phi) is 4.81. The number of para-hydroxylation sites is 1. The molecule has 3 rings (SSSR count). The standard InChI is InChI=1S/C19H20N2O2S/c1-13-9-10-16-18(14(13)2)21(3)19(24-16)20-17(22)11-12-23-15-7-5-4-6-8-15/h4-10H,11-12H2,1-3H3. The van der Waals surface area contributed by atoms with Gasteiger partial charge in [-0.1, -0.05) is 35.6 Å². The molecule has 124 valence electrons. The number of amides is 1. The molecule has 0 bridgehead atoms. The first kappa shape index (κ1) is 16.5. The molecule has 4 nitrogen and oxygen atoms in total. The summed E-state index contributed by atoms with van der Waals surface area (Å²) >= 11 is 1.54. The lowest BCUT2D eigenvalue weighted by Gasteiger charge is -2.04. The first-order valence-corrected chi connectivity index (χ1v) is 8.69.